The molecule has 2 N–H and O–H groups in total. The maximum Gasteiger partial charge on any atom is 0.0471 e. The Morgan fingerprint density at radius 1 is 1.06 bits per heavy atom. The molecule has 0 aliphatic carbocycles. The molecule has 0 saturated heterocycles. The third-order valence-electron chi connectivity index (χ3n) is 2.43. The molecule has 0 fully saturated rings. The highest BCUT2D eigenvalue weighted by atomic mass is 32.1. The van der Waals surface area contributed by atoms with E-state index in [1.165, 1.54) is 11.1 Å². The molecule has 1 aromatic carbocycles. The minimum Gasteiger partial charge on any atom is -0.396 e. The van der Waals surface area contributed by atoms with Gasteiger partial charge in [-0.05, 0) is 46.5 Å². The van der Waals surface area contributed by atoms with Gasteiger partial charge in [0.05, 0.1) is 0 Å². The monoisotopic (exact) mass is 233 g/mol. The first-order valence-electron chi connectivity index (χ1n) is 5.33. The van der Waals surface area contributed by atoms with Crippen LogP contribution in [0.3, 0.4) is 0 Å². The van der Waals surface area contributed by atoms with E-state index in [4.69, 9.17) is 5.11 Å². The summed E-state index contributed by atoms with van der Waals surface area (Å²) in [5, 5.41) is 16.4. The van der Waals surface area contributed by atoms with Crippen molar-refractivity contribution in [3.05, 3.63) is 52.2 Å². The second kappa shape index (κ2) is 5.68. The van der Waals surface area contributed by atoms with E-state index in [1.54, 1.807) is 11.3 Å². The van der Waals surface area contributed by atoms with Gasteiger partial charge in [-0.1, -0.05) is 12.1 Å². The van der Waals surface area contributed by atoms with Crippen molar-refractivity contribution in [2.75, 3.05) is 11.9 Å². The quantitative estimate of drug-likeness (QED) is 0.832. The van der Waals surface area contributed by atoms with E-state index >= 15 is 0 Å². The van der Waals surface area contributed by atoms with E-state index < -0.39 is 0 Å². The Labute approximate surface area is 99.6 Å². The first-order valence-corrected chi connectivity index (χ1v) is 6.27. The second-order valence-corrected chi connectivity index (χ2v) is 4.44. The number of nitrogens with one attached hydrogen (secondary N) is 1. The summed E-state index contributed by atoms with van der Waals surface area (Å²) in [5.74, 6) is 0. The van der Waals surface area contributed by atoms with Gasteiger partial charge in [-0.3, -0.25) is 0 Å². The molecule has 0 spiro atoms. The maximum atomic E-state index is 8.80. The fraction of sp³-hybridized carbons (Fsp3) is 0.231. The Kier molecular flexibility index (Phi) is 3.97. The molecule has 0 amide bonds. The predicted octanol–water partition coefficient (Wildman–Crippen LogP) is 2.90. The fourth-order valence-corrected chi connectivity index (χ4v) is 2.18. The van der Waals surface area contributed by atoms with E-state index in [0.717, 1.165) is 18.7 Å². The van der Waals surface area contributed by atoms with Gasteiger partial charge in [0.15, 0.2) is 0 Å². The smallest absolute Gasteiger partial charge is 0.0471 e. The lowest BCUT2D eigenvalue weighted by molar-refractivity contribution is 0.299. The Balaban J connectivity index is 1.90. The number of hydrogen-bond acceptors (Lipinski definition) is 3. The summed E-state index contributed by atoms with van der Waals surface area (Å²) in [6.45, 7) is 1.07. The fourth-order valence-electron chi connectivity index (χ4n) is 1.52. The van der Waals surface area contributed by atoms with E-state index in [9.17, 15) is 0 Å². The third kappa shape index (κ3) is 3.08. The van der Waals surface area contributed by atoms with Crippen LogP contribution in [-0.4, -0.2) is 11.7 Å². The number of aliphatic hydroxyl groups is 1. The average Bonchev–Trinajstić information content (AvgIpc) is 2.82. The third-order valence-corrected chi connectivity index (χ3v) is 3.16. The first-order chi connectivity index (χ1) is 7.88. The van der Waals surface area contributed by atoms with Crippen molar-refractivity contribution in [2.24, 2.45) is 0 Å². The molecule has 1 heterocycles. The van der Waals surface area contributed by atoms with E-state index in [1.807, 2.05) is 12.1 Å². The van der Waals surface area contributed by atoms with Crippen LogP contribution in [0.25, 0.3) is 0 Å². The molecule has 3 heteroatoms. The van der Waals surface area contributed by atoms with Crippen molar-refractivity contribution in [3.63, 3.8) is 0 Å². The lowest BCUT2D eigenvalue weighted by Gasteiger charge is -2.06. The van der Waals surface area contributed by atoms with Crippen molar-refractivity contribution < 1.29 is 5.11 Å². The molecule has 2 rings (SSSR count). The van der Waals surface area contributed by atoms with Gasteiger partial charge in [0, 0.05) is 18.8 Å². The summed E-state index contributed by atoms with van der Waals surface area (Å²) in [4.78, 5) is 0. The van der Waals surface area contributed by atoms with Gasteiger partial charge in [0.2, 0.25) is 0 Å². The molecular formula is C13H15NOS. The molecule has 1 aromatic heterocycles. The van der Waals surface area contributed by atoms with Crippen LogP contribution in [0.1, 0.15) is 11.1 Å². The highest BCUT2D eigenvalue weighted by Crippen LogP contribution is 2.12. The van der Waals surface area contributed by atoms with Crippen molar-refractivity contribution in [1.82, 2.24) is 0 Å². The highest BCUT2D eigenvalue weighted by Gasteiger charge is 1.95. The summed E-state index contributed by atoms with van der Waals surface area (Å²) < 4.78 is 0. The molecule has 0 bridgehead atoms. The molecule has 0 saturated carbocycles. The average molecular weight is 233 g/mol. The van der Waals surface area contributed by atoms with Crippen molar-refractivity contribution >= 4 is 17.0 Å². The van der Waals surface area contributed by atoms with Crippen LogP contribution in [0.5, 0.6) is 0 Å². The molecule has 0 atom stereocenters. The number of aliphatic hydroxyl groups excluding tert-OH is 1. The van der Waals surface area contributed by atoms with Gasteiger partial charge >= 0.3 is 0 Å². The van der Waals surface area contributed by atoms with Gasteiger partial charge in [0.25, 0.3) is 0 Å². The number of anilines is 1. The lowest BCUT2D eigenvalue weighted by atomic mass is 10.1. The summed E-state index contributed by atoms with van der Waals surface area (Å²) >= 11 is 1.72. The number of thiophene rings is 1. The normalized spacial score (nSPS) is 10.3. The predicted molar refractivity (Wildman–Crippen MR) is 68.9 cm³/mol. The van der Waals surface area contributed by atoms with Gasteiger partial charge in [-0.15, -0.1) is 0 Å². The summed E-state index contributed by atoms with van der Waals surface area (Å²) in [5.41, 5.74) is 3.60. The zero-order chi connectivity index (χ0) is 11.2. The molecule has 16 heavy (non-hydrogen) atoms. The van der Waals surface area contributed by atoms with Crippen molar-refractivity contribution in [1.29, 1.82) is 0 Å². The Bertz CT molecular complexity index is 408. The van der Waals surface area contributed by atoms with Crippen LogP contribution >= 0.6 is 11.3 Å². The van der Waals surface area contributed by atoms with Crippen molar-refractivity contribution in [2.45, 2.75) is 13.0 Å². The molecule has 0 aliphatic rings. The molecule has 0 unspecified atom stereocenters. The van der Waals surface area contributed by atoms with Crippen LogP contribution in [0.15, 0.2) is 41.1 Å². The Hall–Kier alpha value is -1.32. The van der Waals surface area contributed by atoms with Gasteiger partial charge in [0.1, 0.15) is 0 Å². The van der Waals surface area contributed by atoms with Crippen LogP contribution in [0.2, 0.25) is 0 Å². The summed E-state index contributed by atoms with van der Waals surface area (Å²) in [6.07, 6.45) is 0.727. The van der Waals surface area contributed by atoms with Gasteiger partial charge < -0.3 is 10.4 Å². The standard InChI is InChI=1S/C13H15NOS/c15-7-5-11-1-3-13(4-2-11)14-9-12-6-8-16-10-12/h1-4,6,8,10,14-15H,5,7,9H2. The molecule has 84 valence electrons. The van der Waals surface area contributed by atoms with Crippen LogP contribution in [0.4, 0.5) is 5.69 Å². The number of rotatable bonds is 5. The van der Waals surface area contributed by atoms with Crippen LogP contribution in [0, 0.1) is 0 Å². The summed E-state index contributed by atoms with van der Waals surface area (Å²) in [7, 11) is 0. The molecular weight excluding hydrogens is 218 g/mol. The highest BCUT2D eigenvalue weighted by molar-refractivity contribution is 7.07. The molecule has 0 radical (unpaired) electrons. The van der Waals surface area contributed by atoms with E-state index in [2.05, 4.69) is 34.3 Å². The lowest BCUT2D eigenvalue weighted by Crippen LogP contribution is -1.98. The van der Waals surface area contributed by atoms with E-state index in [-0.39, 0.29) is 6.61 Å². The summed E-state index contributed by atoms with van der Waals surface area (Å²) in [6, 6.07) is 10.3. The zero-order valence-electron chi connectivity index (χ0n) is 9.02. The number of hydrogen-bond donors (Lipinski definition) is 2. The van der Waals surface area contributed by atoms with Crippen LogP contribution in [-0.2, 0) is 13.0 Å². The van der Waals surface area contributed by atoms with Crippen molar-refractivity contribution in [3.8, 4) is 0 Å². The SMILES string of the molecule is OCCc1ccc(NCc2ccsc2)cc1. The second-order valence-electron chi connectivity index (χ2n) is 3.66. The maximum absolute atomic E-state index is 8.80. The minimum absolute atomic E-state index is 0.210. The topological polar surface area (TPSA) is 32.3 Å². The number of benzene rings is 1. The van der Waals surface area contributed by atoms with Crippen LogP contribution < -0.4 is 5.32 Å². The van der Waals surface area contributed by atoms with Gasteiger partial charge in [-0.25, -0.2) is 0 Å². The molecule has 0 aliphatic heterocycles. The zero-order valence-corrected chi connectivity index (χ0v) is 9.83. The minimum atomic E-state index is 0.210. The van der Waals surface area contributed by atoms with Gasteiger partial charge in [-0.2, -0.15) is 11.3 Å². The Morgan fingerprint density at radius 3 is 2.50 bits per heavy atom. The Morgan fingerprint density at radius 2 is 1.88 bits per heavy atom. The largest absolute Gasteiger partial charge is 0.396 e. The molecule has 2 nitrogen and oxygen atoms in total. The molecule has 2 aromatic rings. The van der Waals surface area contributed by atoms with E-state index in [0.29, 0.717) is 0 Å². The first kappa shape index (κ1) is 11.2.